The first-order chi connectivity index (χ1) is 10.7. The summed E-state index contributed by atoms with van der Waals surface area (Å²) in [6.07, 6.45) is 1.02. The summed E-state index contributed by atoms with van der Waals surface area (Å²) in [5.41, 5.74) is -0.679. The largest absolute Gasteiger partial charge is 0.466 e. The molecule has 1 N–H and O–H groups in total. The molecule has 23 heavy (non-hydrogen) atoms. The van der Waals surface area contributed by atoms with E-state index in [4.69, 9.17) is 14.2 Å². The van der Waals surface area contributed by atoms with Crippen LogP contribution < -0.4 is 5.32 Å². The van der Waals surface area contributed by atoms with Crippen LogP contribution in [0, 0.1) is 0 Å². The number of nitrogens with one attached hydrogen (secondary N) is 1. The molecule has 0 radical (unpaired) electrons. The number of amides is 1. The first-order valence-corrected chi connectivity index (χ1v) is 8.01. The van der Waals surface area contributed by atoms with Crippen LogP contribution in [0.4, 0.5) is 4.79 Å². The molecule has 0 bridgehead atoms. The van der Waals surface area contributed by atoms with Gasteiger partial charge in [0.15, 0.2) is 0 Å². The highest BCUT2D eigenvalue weighted by Gasteiger charge is 2.26. The van der Waals surface area contributed by atoms with Crippen molar-refractivity contribution in [3.63, 3.8) is 0 Å². The first kappa shape index (κ1) is 21.2. The zero-order valence-corrected chi connectivity index (χ0v) is 14.8. The normalized spacial score (nSPS) is 12.2. The number of esters is 2. The van der Waals surface area contributed by atoms with Crippen LogP contribution in [0.1, 0.15) is 60.3 Å². The van der Waals surface area contributed by atoms with E-state index in [-0.39, 0.29) is 26.1 Å². The Kier molecular flexibility index (Phi) is 10.0. The van der Waals surface area contributed by atoms with E-state index in [9.17, 15) is 14.4 Å². The molecule has 0 unspecified atom stereocenters. The molecule has 0 aromatic carbocycles. The Morgan fingerprint density at radius 1 is 1.09 bits per heavy atom. The lowest BCUT2D eigenvalue weighted by molar-refractivity contribution is -0.147. The fourth-order valence-corrected chi connectivity index (χ4v) is 1.61. The molecule has 134 valence electrons. The van der Waals surface area contributed by atoms with Crippen LogP contribution >= 0.6 is 0 Å². The van der Waals surface area contributed by atoms with Crippen molar-refractivity contribution >= 4 is 18.0 Å². The Morgan fingerprint density at radius 3 is 2.26 bits per heavy atom. The highest BCUT2D eigenvalue weighted by Crippen LogP contribution is 2.09. The molecular weight excluding hydrogens is 302 g/mol. The number of unbranched alkanes of at least 4 members (excludes halogenated alkanes) is 1. The average molecular weight is 331 g/mol. The zero-order chi connectivity index (χ0) is 17.9. The highest BCUT2D eigenvalue weighted by molar-refractivity contribution is 5.82. The van der Waals surface area contributed by atoms with Gasteiger partial charge in [-0.3, -0.25) is 4.79 Å². The number of alkyl carbamates (subject to hydrolysis) is 1. The van der Waals surface area contributed by atoms with Crippen LogP contribution in [0.2, 0.25) is 0 Å². The second-order valence-corrected chi connectivity index (χ2v) is 6.06. The van der Waals surface area contributed by atoms with Gasteiger partial charge in [-0.15, -0.1) is 0 Å². The maximum absolute atomic E-state index is 12.0. The van der Waals surface area contributed by atoms with Gasteiger partial charge in [-0.25, -0.2) is 9.59 Å². The molecular formula is C16H29NO6. The van der Waals surface area contributed by atoms with Crippen molar-refractivity contribution in [2.24, 2.45) is 0 Å². The van der Waals surface area contributed by atoms with Gasteiger partial charge in [0, 0.05) is 6.42 Å². The minimum atomic E-state index is -0.939. The third-order valence-corrected chi connectivity index (χ3v) is 2.66. The van der Waals surface area contributed by atoms with Crippen molar-refractivity contribution in [2.75, 3.05) is 13.2 Å². The molecule has 0 heterocycles. The molecule has 0 aliphatic carbocycles. The second kappa shape index (κ2) is 10.9. The standard InChI is InChI=1S/C16H29NO6/c1-6-8-11-22-14(19)12(9-10-13(18)21-7-2)17-15(20)23-16(3,4)5/h12H,6-11H2,1-5H3,(H,17,20)/t12-/m0/s1. The van der Waals surface area contributed by atoms with Gasteiger partial charge < -0.3 is 19.5 Å². The van der Waals surface area contributed by atoms with Gasteiger partial charge in [-0.2, -0.15) is 0 Å². The summed E-state index contributed by atoms with van der Waals surface area (Å²) >= 11 is 0. The van der Waals surface area contributed by atoms with E-state index >= 15 is 0 Å². The first-order valence-electron chi connectivity index (χ1n) is 8.01. The molecule has 7 heteroatoms. The summed E-state index contributed by atoms with van der Waals surface area (Å²) in [5, 5.41) is 2.45. The highest BCUT2D eigenvalue weighted by atomic mass is 16.6. The number of carbonyl (C=O) groups is 3. The van der Waals surface area contributed by atoms with E-state index in [1.807, 2.05) is 6.92 Å². The molecule has 1 atom stereocenters. The Labute approximate surface area is 138 Å². The van der Waals surface area contributed by atoms with Crippen LogP contribution in [0.5, 0.6) is 0 Å². The number of hydrogen-bond acceptors (Lipinski definition) is 6. The molecule has 0 aliphatic rings. The molecule has 0 saturated carbocycles. The smallest absolute Gasteiger partial charge is 0.408 e. The average Bonchev–Trinajstić information content (AvgIpc) is 2.41. The number of carbonyl (C=O) groups excluding carboxylic acids is 3. The topological polar surface area (TPSA) is 90.9 Å². The van der Waals surface area contributed by atoms with Gasteiger partial charge in [0.05, 0.1) is 13.2 Å². The monoisotopic (exact) mass is 331 g/mol. The fourth-order valence-electron chi connectivity index (χ4n) is 1.61. The maximum Gasteiger partial charge on any atom is 0.408 e. The van der Waals surface area contributed by atoms with Gasteiger partial charge in [-0.05, 0) is 40.5 Å². The van der Waals surface area contributed by atoms with E-state index in [2.05, 4.69) is 5.32 Å². The Balaban J connectivity index is 4.61. The number of rotatable bonds is 9. The maximum atomic E-state index is 12.0. The van der Waals surface area contributed by atoms with E-state index in [0.29, 0.717) is 0 Å². The summed E-state index contributed by atoms with van der Waals surface area (Å²) in [7, 11) is 0. The second-order valence-electron chi connectivity index (χ2n) is 6.06. The minimum absolute atomic E-state index is 0.0111. The van der Waals surface area contributed by atoms with Gasteiger partial charge in [-0.1, -0.05) is 13.3 Å². The Morgan fingerprint density at radius 2 is 1.74 bits per heavy atom. The third kappa shape index (κ3) is 11.4. The lowest BCUT2D eigenvalue weighted by atomic mass is 10.1. The predicted molar refractivity (Wildman–Crippen MR) is 84.9 cm³/mol. The van der Waals surface area contributed by atoms with Crippen molar-refractivity contribution in [3.05, 3.63) is 0 Å². The van der Waals surface area contributed by atoms with Crippen molar-refractivity contribution in [1.29, 1.82) is 0 Å². The van der Waals surface area contributed by atoms with Gasteiger partial charge in [0.1, 0.15) is 11.6 Å². The fraction of sp³-hybridized carbons (Fsp3) is 0.812. The zero-order valence-electron chi connectivity index (χ0n) is 14.8. The lowest BCUT2D eigenvalue weighted by Gasteiger charge is -2.22. The quantitative estimate of drug-likeness (QED) is 0.397. The van der Waals surface area contributed by atoms with Crippen molar-refractivity contribution in [1.82, 2.24) is 5.32 Å². The molecule has 7 nitrogen and oxygen atoms in total. The number of hydrogen-bond donors (Lipinski definition) is 1. The molecule has 0 aliphatic heterocycles. The summed E-state index contributed by atoms with van der Waals surface area (Å²) in [6, 6.07) is -0.939. The van der Waals surface area contributed by atoms with Gasteiger partial charge >= 0.3 is 18.0 Å². The third-order valence-electron chi connectivity index (χ3n) is 2.66. The molecule has 0 aromatic heterocycles. The van der Waals surface area contributed by atoms with Crippen molar-refractivity contribution in [3.8, 4) is 0 Å². The molecule has 0 saturated heterocycles. The van der Waals surface area contributed by atoms with Crippen molar-refractivity contribution < 1.29 is 28.6 Å². The van der Waals surface area contributed by atoms with E-state index in [1.165, 1.54) is 0 Å². The van der Waals surface area contributed by atoms with Crippen molar-refractivity contribution in [2.45, 2.75) is 71.9 Å². The van der Waals surface area contributed by atoms with Gasteiger partial charge in [0.25, 0.3) is 0 Å². The summed E-state index contributed by atoms with van der Waals surface area (Å²) in [4.78, 5) is 35.3. The van der Waals surface area contributed by atoms with E-state index in [1.54, 1.807) is 27.7 Å². The van der Waals surface area contributed by atoms with Crippen LogP contribution in [0.15, 0.2) is 0 Å². The van der Waals surface area contributed by atoms with Crippen LogP contribution in [-0.2, 0) is 23.8 Å². The molecule has 1 amide bonds. The summed E-state index contributed by atoms with van der Waals surface area (Å²) in [6.45, 7) is 9.39. The summed E-state index contributed by atoms with van der Waals surface area (Å²) in [5.74, 6) is -1.00. The van der Waals surface area contributed by atoms with E-state index in [0.717, 1.165) is 12.8 Å². The molecule has 0 rings (SSSR count). The number of ether oxygens (including phenoxy) is 3. The van der Waals surface area contributed by atoms with E-state index < -0.39 is 29.7 Å². The minimum Gasteiger partial charge on any atom is -0.466 e. The molecule has 0 aromatic rings. The molecule has 0 spiro atoms. The van der Waals surface area contributed by atoms with Crippen LogP contribution in [0.25, 0.3) is 0 Å². The van der Waals surface area contributed by atoms with Crippen LogP contribution in [0.3, 0.4) is 0 Å². The lowest BCUT2D eigenvalue weighted by Crippen LogP contribution is -2.44. The Bertz CT molecular complexity index is 389. The molecule has 0 fully saturated rings. The van der Waals surface area contributed by atoms with Gasteiger partial charge in [0.2, 0.25) is 0 Å². The summed E-state index contributed by atoms with van der Waals surface area (Å²) < 4.78 is 15.1. The predicted octanol–water partition coefficient (Wildman–Crippen LogP) is 2.57. The Hall–Kier alpha value is -1.79. The SMILES string of the molecule is CCCCOC(=O)[C@H](CCC(=O)OCC)NC(=O)OC(C)(C)C. The van der Waals surface area contributed by atoms with Crippen LogP contribution in [-0.4, -0.2) is 42.9 Å².